The lowest BCUT2D eigenvalue weighted by molar-refractivity contribution is -0.384. The van der Waals surface area contributed by atoms with Crippen molar-refractivity contribution in [2.24, 2.45) is 0 Å². The summed E-state index contributed by atoms with van der Waals surface area (Å²) in [5.41, 5.74) is 0.365. The second-order valence-corrected chi connectivity index (χ2v) is 5.31. The Morgan fingerprint density at radius 2 is 2.05 bits per heavy atom. The summed E-state index contributed by atoms with van der Waals surface area (Å²) < 4.78 is 0. The summed E-state index contributed by atoms with van der Waals surface area (Å²) in [6, 6.07) is 4.40. The lowest BCUT2D eigenvalue weighted by atomic mass is 10.1. The second kappa shape index (κ2) is 6.21. The molecule has 19 heavy (non-hydrogen) atoms. The maximum Gasteiger partial charge on any atom is 0.293 e. The fourth-order valence-electron chi connectivity index (χ4n) is 2.43. The van der Waals surface area contributed by atoms with Crippen LogP contribution in [0.1, 0.15) is 32.1 Å². The summed E-state index contributed by atoms with van der Waals surface area (Å²) in [5, 5.41) is 24.5. The molecule has 1 saturated carbocycles. The van der Waals surface area contributed by atoms with Crippen molar-refractivity contribution in [1.29, 1.82) is 0 Å². The lowest BCUT2D eigenvalue weighted by Gasteiger charge is -2.22. The summed E-state index contributed by atoms with van der Waals surface area (Å²) in [5.74, 6) is 0. The molecule has 2 N–H and O–H groups in total. The Morgan fingerprint density at radius 1 is 1.32 bits per heavy atom. The van der Waals surface area contributed by atoms with Gasteiger partial charge >= 0.3 is 0 Å². The van der Waals surface area contributed by atoms with Crippen LogP contribution in [0.3, 0.4) is 0 Å². The molecule has 0 saturated heterocycles. The van der Waals surface area contributed by atoms with E-state index in [1.807, 2.05) is 0 Å². The van der Waals surface area contributed by atoms with Gasteiger partial charge in [0, 0.05) is 11.1 Å². The highest BCUT2D eigenvalue weighted by atomic mass is 35.5. The minimum atomic E-state index is -0.461. The number of nitrogens with one attached hydrogen (secondary N) is 1. The Kier molecular flexibility index (Phi) is 4.61. The third-order valence-electron chi connectivity index (χ3n) is 3.48. The third-order valence-corrected chi connectivity index (χ3v) is 3.71. The number of halogens is 1. The number of nitro benzene ring substituents is 1. The zero-order valence-corrected chi connectivity index (χ0v) is 11.3. The van der Waals surface area contributed by atoms with Crippen molar-refractivity contribution < 1.29 is 10.0 Å². The van der Waals surface area contributed by atoms with Gasteiger partial charge in [-0.3, -0.25) is 10.1 Å². The minimum absolute atomic E-state index is 0.0519. The standard InChI is InChI=1S/C13H17ClN2O3/c14-9-6-7-10(12(8-9)16(18)19)15-11-4-2-1-3-5-13(11)17/h6-8,11,13,15,17H,1-5H2. The van der Waals surface area contributed by atoms with E-state index in [4.69, 9.17) is 11.6 Å². The first-order valence-electron chi connectivity index (χ1n) is 6.46. The molecule has 6 heteroatoms. The molecule has 1 fully saturated rings. The van der Waals surface area contributed by atoms with E-state index in [1.165, 1.54) is 6.07 Å². The van der Waals surface area contributed by atoms with Gasteiger partial charge in [-0.1, -0.05) is 30.9 Å². The predicted molar refractivity (Wildman–Crippen MR) is 74.6 cm³/mol. The SMILES string of the molecule is O=[N+]([O-])c1cc(Cl)ccc1NC1CCCCCC1O. The van der Waals surface area contributed by atoms with Crippen LogP contribution in [0.25, 0.3) is 0 Å². The largest absolute Gasteiger partial charge is 0.391 e. The molecule has 5 nitrogen and oxygen atoms in total. The monoisotopic (exact) mass is 284 g/mol. The molecule has 1 aromatic rings. The molecule has 1 aliphatic rings. The molecule has 0 heterocycles. The quantitative estimate of drug-likeness (QED) is 0.507. The molecule has 0 aromatic heterocycles. The number of nitrogens with zero attached hydrogens (tertiary/aromatic N) is 1. The highest BCUT2D eigenvalue weighted by Crippen LogP contribution is 2.30. The maximum atomic E-state index is 11.0. The van der Waals surface area contributed by atoms with Crippen LogP contribution in [0.2, 0.25) is 5.02 Å². The molecule has 2 atom stereocenters. The number of benzene rings is 1. The molecule has 2 rings (SSSR count). The molecule has 0 aliphatic heterocycles. The number of aliphatic hydroxyl groups is 1. The summed E-state index contributed by atoms with van der Waals surface area (Å²) in [6.45, 7) is 0. The second-order valence-electron chi connectivity index (χ2n) is 4.87. The first kappa shape index (κ1) is 14.1. The van der Waals surface area contributed by atoms with Crippen molar-refractivity contribution in [3.8, 4) is 0 Å². The van der Waals surface area contributed by atoms with Crippen LogP contribution in [0.5, 0.6) is 0 Å². The Bertz CT molecular complexity index is 467. The van der Waals surface area contributed by atoms with E-state index in [2.05, 4.69) is 5.32 Å². The summed E-state index contributed by atoms with van der Waals surface area (Å²) in [4.78, 5) is 10.5. The van der Waals surface area contributed by atoms with E-state index < -0.39 is 11.0 Å². The summed E-state index contributed by atoms with van der Waals surface area (Å²) in [6.07, 6.45) is 4.22. The van der Waals surface area contributed by atoms with Crippen molar-refractivity contribution in [2.45, 2.75) is 44.2 Å². The number of hydrogen-bond acceptors (Lipinski definition) is 4. The van der Waals surface area contributed by atoms with Crippen molar-refractivity contribution in [3.05, 3.63) is 33.3 Å². The van der Waals surface area contributed by atoms with Crippen molar-refractivity contribution in [2.75, 3.05) is 5.32 Å². The van der Waals surface area contributed by atoms with Crippen molar-refractivity contribution in [1.82, 2.24) is 0 Å². The number of rotatable bonds is 3. The fraction of sp³-hybridized carbons (Fsp3) is 0.538. The third kappa shape index (κ3) is 3.58. The topological polar surface area (TPSA) is 75.4 Å². The fourth-order valence-corrected chi connectivity index (χ4v) is 2.60. The van der Waals surface area contributed by atoms with Gasteiger partial charge in [0.2, 0.25) is 0 Å². The van der Waals surface area contributed by atoms with Gasteiger partial charge in [-0.15, -0.1) is 0 Å². The van der Waals surface area contributed by atoms with Gasteiger partial charge < -0.3 is 10.4 Å². The normalized spacial score (nSPS) is 23.7. The summed E-state index contributed by atoms with van der Waals surface area (Å²) >= 11 is 5.78. The number of aliphatic hydroxyl groups excluding tert-OH is 1. The highest BCUT2D eigenvalue weighted by molar-refractivity contribution is 6.30. The van der Waals surface area contributed by atoms with Crippen molar-refractivity contribution in [3.63, 3.8) is 0 Å². The van der Waals surface area contributed by atoms with Crippen LogP contribution in [-0.2, 0) is 0 Å². The zero-order valence-electron chi connectivity index (χ0n) is 10.5. The molecular weight excluding hydrogens is 268 g/mol. The highest BCUT2D eigenvalue weighted by Gasteiger charge is 2.24. The minimum Gasteiger partial charge on any atom is -0.391 e. The molecule has 0 bridgehead atoms. The number of nitro groups is 1. The Labute approximate surface area is 116 Å². The molecule has 0 amide bonds. The van der Waals surface area contributed by atoms with Gasteiger partial charge in [-0.05, 0) is 25.0 Å². The number of anilines is 1. The van der Waals surface area contributed by atoms with Gasteiger partial charge in [0.1, 0.15) is 5.69 Å². The first-order valence-corrected chi connectivity index (χ1v) is 6.84. The van der Waals surface area contributed by atoms with E-state index in [1.54, 1.807) is 12.1 Å². The molecular formula is C13H17ClN2O3. The molecule has 1 aromatic carbocycles. The van der Waals surface area contributed by atoms with Gasteiger partial charge in [-0.2, -0.15) is 0 Å². The van der Waals surface area contributed by atoms with E-state index in [9.17, 15) is 15.2 Å². The smallest absolute Gasteiger partial charge is 0.293 e. The Balaban J connectivity index is 2.19. The van der Waals surface area contributed by atoms with Crippen LogP contribution in [-0.4, -0.2) is 22.2 Å². The Hall–Kier alpha value is -1.33. The molecule has 0 spiro atoms. The van der Waals surface area contributed by atoms with Crippen LogP contribution >= 0.6 is 11.6 Å². The average Bonchev–Trinajstić information content (AvgIpc) is 2.57. The molecule has 1 aliphatic carbocycles. The molecule has 2 unspecified atom stereocenters. The zero-order chi connectivity index (χ0) is 13.8. The maximum absolute atomic E-state index is 11.0. The van der Waals surface area contributed by atoms with E-state index in [0.717, 1.165) is 32.1 Å². The van der Waals surface area contributed by atoms with E-state index >= 15 is 0 Å². The van der Waals surface area contributed by atoms with Gasteiger partial charge in [0.15, 0.2) is 0 Å². The predicted octanol–water partition coefficient (Wildman–Crippen LogP) is 3.35. The van der Waals surface area contributed by atoms with Gasteiger partial charge in [0.25, 0.3) is 5.69 Å². The first-order chi connectivity index (χ1) is 9.08. The number of hydrogen-bond donors (Lipinski definition) is 2. The Morgan fingerprint density at radius 3 is 2.79 bits per heavy atom. The van der Waals surface area contributed by atoms with E-state index in [-0.39, 0.29) is 11.7 Å². The van der Waals surface area contributed by atoms with Crippen LogP contribution < -0.4 is 5.32 Å². The molecule has 104 valence electrons. The van der Waals surface area contributed by atoms with Crippen LogP contribution in [0.15, 0.2) is 18.2 Å². The van der Waals surface area contributed by atoms with Crippen molar-refractivity contribution >= 4 is 23.0 Å². The molecule has 0 radical (unpaired) electrons. The van der Waals surface area contributed by atoms with E-state index in [0.29, 0.717) is 10.7 Å². The summed E-state index contributed by atoms with van der Waals surface area (Å²) in [7, 11) is 0. The van der Waals surface area contributed by atoms with Crippen LogP contribution in [0.4, 0.5) is 11.4 Å². The van der Waals surface area contributed by atoms with Gasteiger partial charge in [-0.25, -0.2) is 0 Å². The average molecular weight is 285 g/mol. The lowest BCUT2D eigenvalue weighted by Crippen LogP contribution is -2.32. The van der Waals surface area contributed by atoms with Gasteiger partial charge in [0.05, 0.1) is 17.1 Å². The van der Waals surface area contributed by atoms with Crippen LogP contribution in [0, 0.1) is 10.1 Å².